The summed E-state index contributed by atoms with van der Waals surface area (Å²) in [4.78, 5) is 34.2. The van der Waals surface area contributed by atoms with Gasteiger partial charge in [0.25, 0.3) is 0 Å². The molecule has 0 unspecified atom stereocenters. The quantitative estimate of drug-likeness (QED) is 0.699. The SMILES string of the molecule is C#CCOC(=O)Nc1cnc(N2CCC[C@@]3(CCN(C4CCC(O)CC4)C3=O)C2)c(C)c1. The van der Waals surface area contributed by atoms with E-state index in [-0.39, 0.29) is 30.1 Å². The summed E-state index contributed by atoms with van der Waals surface area (Å²) in [6.07, 6.45) is 12.0. The van der Waals surface area contributed by atoms with Crippen LogP contribution in [0.25, 0.3) is 0 Å². The van der Waals surface area contributed by atoms with Crippen molar-refractivity contribution >= 4 is 23.5 Å². The van der Waals surface area contributed by atoms with Gasteiger partial charge in [-0.2, -0.15) is 0 Å². The highest BCUT2D eigenvalue weighted by Crippen LogP contribution is 2.43. The number of carbonyl (C=O) groups is 2. The number of piperidine rings is 1. The van der Waals surface area contributed by atoms with Gasteiger partial charge in [0.15, 0.2) is 6.61 Å². The number of hydrogen-bond acceptors (Lipinski definition) is 6. The number of aromatic nitrogens is 1. The summed E-state index contributed by atoms with van der Waals surface area (Å²) >= 11 is 0. The molecule has 2 N–H and O–H groups in total. The first kappa shape index (κ1) is 22.4. The van der Waals surface area contributed by atoms with E-state index < -0.39 is 6.09 Å². The molecule has 1 spiro atoms. The summed E-state index contributed by atoms with van der Waals surface area (Å²) in [6, 6.07) is 2.12. The van der Waals surface area contributed by atoms with Gasteiger partial charge in [0.05, 0.1) is 23.4 Å². The second-order valence-corrected chi connectivity index (χ2v) is 9.29. The van der Waals surface area contributed by atoms with Crippen LogP contribution in [0, 0.1) is 24.7 Å². The lowest BCUT2D eigenvalue weighted by molar-refractivity contribution is -0.139. The smallest absolute Gasteiger partial charge is 0.412 e. The number of aryl methyl sites for hydroxylation is 1. The van der Waals surface area contributed by atoms with Crippen molar-refractivity contribution in [3.05, 3.63) is 17.8 Å². The molecule has 0 bridgehead atoms. The molecule has 8 heteroatoms. The van der Waals surface area contributed by atoms with Gasteiger partial charge < -0.3 is 19.6 Å². The van der Waals surface area contributed by atoms with Gasteiger partial charge >= 0.3 is 6.09 Å². The number of terminal acetylenes is 1. The first-order valence-electron chi connectivity index (χ1n) is 11.5. The van der Waals surface area contributed by atoms with Crippen LogP contribution >= 0.6 is 0 Å². The van der Waals surface area contributed by atoms with Crippen LogP contribution in [0.4, 0.5) is 16.3 Å². The average molecular weight is 441 g/mol. The second kappa shape index (κ2) is 9.37. The van der Waals surface area contributed by atoms with Gasteiger partial charge in [0, 0.05) is 25.7 Å². The minimum Gasteiger partial charge on any atom is -0.436 e. The van der Waals surface area contributed by atoms with E-state index in [4.69, 9.17) is 11.2 Å². The normalized spacial score (nSPS) is 28.0. The van der Waals surface area contributed by atoms with Crippen molar-refractivity contribution in [3.63, 3.8) is 0 Å². The summed E-state index contributed by atoms with van der Waals surface area (Å²) in [5.74, 6) is 3.37. The Balaban J connectivity index is 1.43. The van der Waals surface area contributed by atoms with E-state index in [0.717, 1.165) is 69.4 Å². The second-order valence-electron chi connectivity index (χ2n) is 9.29. The van der Waals surface area contributed by atoms with Crippen molar-refractivity contribution in [2.24, 2.45) is 5.41 Å². The summed E-state index contributed by atoms with van der Waals surface area (Å²) in [7, 11) is 0. The molecule has 0 aromatic carbocycles. The van der Waals surface area contributed by atoms with Crippen LogP contribution in [0.5, 0.6) is 0 Å². The molecule has 32 heavy (non-hydrogen) atoms. The molecule has 1 atom stereocenters. The van der Waals surface area contributed by atoms with Crippen LogP contribution in [0.2, 0.25) is 0 Å². The molecule has 0 radical (unpaired) electrons. The third-order valence-electron chi connectivity index (χ3n) is 7.11. The van der Waals surface area contributed by atoms with Gasteiger partial charge in [-0.3, -0.25) is 10.1 Å². The fourth-order valence-electron chi connectivity index (χ4n) is 5.49. The number of likely N-dealkylation sites (tertiary alicyclic amines) is 1. The highest BCUT2D eigenvalue weighted by molar-refractivity contribution is 5.86. The molecule has 8 nitrogen and oxygen atoms in total. The minimum absolute atomic E-state index is 0.0846. The van der Waals surface area contributed by atoms with Crippen LogP contribution in [-0.4, -0.2) is 65.4 Å². The molecule has 2 saturated heterocycles. The number of rotatable bonds is 4. The van der Waals surface area contributed by atoms with Crippen molar-refractivity contribution in [1.82, 2.24) is 9.88 Å². The first-order valence-corrected chi connectivity index (χ1v) is 11.5. The fraction of sp³-hybridized carbons (Fsp3) is 0.625. The number of nitrogens with one attached hydrogen (secondary N) is 1. The zero-order valence-electron chi connectivity index (χ0n) is 18.7. The van der Waals surface area contributed by atoms with Crippen LogP contribution < -0.4 is 10.2 Å². The van der Waals surface area contributed by atoms with E-state index in [0.29, 0.717) is 12.2 Å². The van der Waals surface area contributed by atoms with Crippen LogP contribution in [0.3, 0.4) is 0 Å². The lowest BCUT2D eigenvalue weighted by atomic mass is 9.78. The lowest BCUT2D eigenvalue weighted by Crippen LogP contribution is -2.50. The number of carbonyl (C=O) groups excluding carboxylic acids is 2. The van der Waals surface area contributed by atoms with E-state index in [1.54, 1.807) is 6.20 Å². The molecule has 3 heterocycles. The Morgan fingerprint density at radius 1 is 1.34 bits per heavy atom. The van der Waals surface area contributed by atoms with Crippen molar-refractivity contribution < 1.29 is 19.4 Å². The predicted molar refractivity (Wildman–Crippen MR) is 121 cm³/mol. The molecular formula is C24H32N4O4. The number of ether oxygens (including phenoxy) is 1. The van der Waals surface area contributed by atoms with Gasteiger partial charge in [-0.05, 0) is 63.5 Å². The zero-order valence-corrected chi connectivity index (χ0v) is 18.7. The molecule has 1 aliphatic carbocycles. The molecule has 1 saturated carbocycles. The fourth-order valence-corrected chi connectivity index (χ4v) is 5.49. The Bertz CT molecular complexity index is 906. The highest BCUT2D eigenvalue weighted by atomic mass is 16.5. The predicted octanol–water partition coefficient (Wildman–Crippen LogP) is 2.69. The number of aliphatic hydroxyl groups is 1. The largest absolute Gasteiger partial charge is 0.436 e. The van der Waals surface area contributed by atoms with Gasteiger partial charge in [0.2, 0.25) is 5.91 Å². The standard InChI is InChI=1S/C24H32N4O4/c1-3-13-32-23(31)26-18-14-17(2)21(25-15-18)27-11-4-9-24(16-27)10-12-28(22(24)30)19-5-7-20(29)8-6-19/h1,14-15,19-20,29H,4-13,16H2,2H3,(H,26,31)/t19?,20?,24-/m1/s1. The molecule has 2 aliphatic heterocycles. The van der Waals surface area contributed by atoms with Crippen molar-refractivity contribution in [2.75, 3.05) is 36.5 Å². The maximum atomic E-state index is 13.5. The number of amides is 2. The average Bonchev–Trinajstić information content (AvgIpc) is 3.08. The van der Waals surface area contributed by atoms with Crippen molar-refractivity contribution in [3.8, 4) is 12.3 Å². The van der Waals surface area contributed by atoms with E-state index >= 15 is 0 Å². The van der Waals surface area contributed by atoms with E-state index in [1.165, 1.54) is 0 Å². The van der Waals surface area contributed by atoms with Crippen LogP contribution in [0.1, 0.15) is 50.5 Å². The van der Waals surface area contributed by atoms with Gasteiger partial charge in [-0.25, -0.2) is 9.78 Å². The van der Waals surface area contributed by atoms with Crippen molar-refractivity contribution in [2.45, 2.75) is 64.0 Å². The number of aliphatic hydroxyl groups excluding tert-OH is 1. The number of pyridine rings is 1. The van der Waals surface area contributed by atoms with E-state index in [2.05, 4.69) is 26.0 Å². The Kier molecular flexibility index (Phi) is 6.56. The molecule has 2 amide bonds. The Hall–Kier alpha value is -2.79. The molecule has 172 valence electrons. The third kappa shape index (κ3) is 4.53. The molecule has 1 aromatic heterocycles. The number of hydrogen-bond donors (Lipinski definition) is 2. The Labute approximate surface area is 189 Å². The maximum Gasteiger partial charge on any atom is 0.412 e. The first-order chi connectivity index (χ1) is 15.4. The topological polar surface area (TPSA) is 95.0 Å². The van der Waals surface area contributed by atoms with Crippen LogP contribution in [-0.2, 0) is 9.53 Å². The molecule has 3 aliphatic rings. The van der Waals surface area contributed by atoms with E-state index in [9.17, 15) is 14.7 Å². The molecule has 1 aromatic rings. The summed E-state index contributed by atoms with van der Waals surface area (Å²) in [5, 5.41) is 12.4. The molecule has 3 fully saturated rings. The van der Waals surface area contributed by atoms with Gasteiger partial charge in [-0.15, -0.1) is 6.42 Å². The highest BCUT2D eigenvalue weighted by Gasteiger charge is 2.50. The van der Waals surface area contributed by atoms with Crippen molar-refractivity contribution in [1.29, 1.82) is 0 Å². The van der Waals surface area contributed by atoms with Gasteiger partial charge in [-0.1, -0.05) is 5.92 Å². The monoisotopic (exact) mass is 440 g/mol. The molecule has 4 rings (SSSR count). The maximum absolute atomic E-state index is 13.5. The minimum atomic E-state index is -0.610. The molecular weight excluding hydrogens is 408 g/mol. The number of anilines is 2. The number of nitrogens with zero attached hydrogens (tertiary/aromatic N) is 3. The summed E-state index contributed by atoms with van der Waals surface area (Å²) in [5.41, 5.74) is 1.13. The Morgan fingerprint density at radius 3 is 2.84 bits per heavy atom. The van der Waals surface area contributed by atoms with E-state index in [1.807, 2.05) is 13.0 Å². The lowest BCUT2D eigenvalue weighted by Gasteiger charge is -2.41. The zero-order chi connectivity index (χ0) is 22.7. The van der Waals surface area contributed by atoms with Gasteiger partial charge in [0.1, 0.15) is 5.82 Å². The summed E-state index contributed by atoms with van der Waals surface area (Å²) < 4.78 is 4.84. The summed E-state index contributed by atoms with van der Waals surface area (Å²) in [6.45, 7) is 4.21. The van der Waals surface area contributed by atoms with Crippen LogP contribution in [0.15, 0.2) is 12.3 Å². The Morgan fingerprint density at radius 2 is 2.12 bits per heavy atom. The third-order valence-corrected chi connectivity index (χ3v) is 7.11.